The predicted molar refractivity (Wildman–Crippen MR) is 86.7 cm³/mol. The lowest BCUT2D eigenvalue weighted by atomic mass is 10.0. The summed E-state index contributed by atoms with van der Waals surface area (Å²) < 4.78 is 41.1. The molecule has 3 rings (SSSR count). The van der Waals surface area contributed by atoms with Gasteiger partial charge in [-0.15, -0.1) is 0 Å². The number of hydrazone groups is 1. The molecule has 2 heterocycles. The number of nitrogens with zero attached hydrogens (tertiary/aromatic N) is 3. The van der Waals surface area contributed by atoms with Gasteiger partial charge >= 0.3 is 6.18 Å². The highest BCUT2D eigenvalue weighted by atomic mass is 79.9. The number of alkyl halides is 3. The lowest BCUT2D eigenvalue weighted by Crippen LogP contribution is -2.56. The second-order valence-electron chi connectivity index (χ2n) is 5.40. The van der Waals surface area contributed by atoms with Gasteiger partial charge in [-0.3, -0.25) is 9.78 Å². The molecule has 0 fully saturated rings. The van der Waals surface area contributed by atoms with E-state index in [2.05, 4.69) is 26.0 Å². The number of hydrogen-bond donors (Lipinski definition) is 1. The second kappa shape index (κ2) is 6.23. The summed E-state index contributed by atoms with van der Waals surface area (Å²) in [6, 6.07) is 8.96. The van der Waals surface area contributed by atoms with Gasteiger partial charge in [0.25, 0.3) is 11.6 Å². The summed E-state index contributed by atoms with van der Waals surface area (Å²) in [4.78, 5) is 16.2. The van der Waals surface area contributed by atoms with Crippen molar-refractivity contribution in [2.45, 2.75) is 18.3 Å². The van der Waals surface area contributed by atoms with Crippen LogP contribution >= 0.6 is 15.9 Å². The van der Waals surface area contributed by atoms with Crippen LogP contribution in [0.1, 0.15) is 22.3 Å². The molecule has 0 bridgehead atoms. The summed E-state index contributed by atoms with van der Waals surface area (Å²) in [5, 5.41) is 14.1. The maximum Gasteiger partial charge on any atom is 0.438 e. The molecule has 0 saturated heterocycles. The molecule has 1 aromatic heterocycles. The molecule has 0 unspecified atom stereocenters. The topological polar surface area (TPSA) is 65.8 Å². The van der Waals surface area contributed by atoms with Crippen LogP contribution in [0.15, 0.2) is 58.4 Å². The molecule has 1 N–H and O–H groups in total. The number of rotatable bonds is 2. The van der Waals surface area contributed by atoms with Gasteiger partial charge in [0.1, 0.15) is 0 Å². The van der Waals surface area contributed by atoms with Gasteiger partial charge in [0.2, 0.25) is 0 Å². The summed E-state index contributed by atoms with van der Waals surface area (Å²) in [6.07, 6.45) is -3.39. The van der Waals surface area contributed by atoms with Crippen molar-refractivity contribution >= 4 is 27.5 Å². The maximum atomic E-state index is 13.5. The monoisotopic (exact) mass is 413 g/mol. The molecule has 0 aliphatic carbocycles. The molecule has 1 atom stereocenters. The van der Waals surface area contributed by atoms with Crippen LogP contribution in [-0.2, 0) is 0 Å². The third-order valence-electron chi connectivity index (χ3n) is 3.72. The van der Waals surface area contributed by atoms with E-state index in [1.807, 2.05) is 0 Å². The molecule has 130 valence electrons. The number of benzene rings is 1. The van der Waals surface area contributed by atoms with E-state index in [1.54, 1.807) is 24.3 Å². The summed E-state index contributed by atoms with van der Waals surface area (Å²) in [5.74, 6) is -1.06. The molecular weight excluding hydrogens is 403 g/mol. The smallest absolute Gasteiger partial charge is 0.362 e. The van der Waals surface area contributed by atoms with Crippen LogP contribution in [0.25, 0.3) is 0 Å². The van der Waals surface area contributed by atoms with E-state index < -0.39 is 24.2 Å². The summed E-state index contributed by atoms with van der Waals surface area (Å²) >= 11 is 3.23. The number of carbonyl (C=O) groups is 1. The number of pyridine rings is 1. The van der Waals surface area contributed by atoms with Crippen LogP contribution in [0.5, 0.6) is 0 Å². The number of aliphatic hydroxyl groups is 1. The van der Waals surface area contributed by atoms with Gasteiger partial charge in [0, 0.05) is 22.4 Å². The summed E-state index contributed by atoms with van der Waals surface area (Å²) in [6.45, 7) is 0. The molecule has 0 saturated carbocycles. The van der Waals surface area contributed by atoms with Gasteiger partial charge in [-0.25, -0.2) is 0 Å². The van der Waals surface area contributed by atoms with Crippen molar-refractivity contribution in [3.8, 4) is 0 Å². The minimum absolute atomic E-state index is 0.0384. The van der Waals surface area contributed by atoms with Crippen LogP contribution < -0.4 is 0 Å². The molecule has 9 heteroatoms. The van der Waals surface area contributed by atoms with E-state index in [9.17, 15) is 23.1 Å². The van der Waals surface area contributed by atoms with Crippen molar-refractivity contribution < 1.29 is 23.1 Å². The number of amides is 1. The first kappa shape index (κ1) is 17.6. The Hall–Kier alpha value is -2.26. The van der Waals surface area contributed by atoms with Crippen LogP contribution in [-0.4, -0.2) is 38.6 Å². The first-order valence-electron chi connectivity index (χ1n) is 7.09. The van der Waals surface area contributed by atoms with E-state index in [4.69, 9.17) is 0 Å². The number of carbonyl (C=O) groups excluding carboxylic acids is 1. The molecule has 0 radical (unpaired) electrons. The van der Waals surface area contributed by atoms with Crippen molar-refractivity contribution in [2.75, 3.05) is 0 Å². The molecule has 5 nitrogen and oxygen atoms in total. The first-order valence-corrected chi connectivity index (χ1v) is 7.89. The molecule has 0 spiro atoms. The molecule has 1 amide bonds. The fourth-order valence-corrected chi connectivity index (χ4v) is 2.82. The van der Waals surface area contributed by atoms with E-state index in [0.29, 0.717) is 10.0 Å². The van der Waals surface area contributed by atoms with Crippen LogP contribution in [0.2, 0.25) is 0 Å². The van der Waals surface area contributed by atoms with Crippen molar-refractivity contribution in [3.63, 3.8) is 0 Å². The summed E-state index contributed by atoms with van der Waals surface area (Å²) in [7, 11) is 0. The van der Waals surface area contributed by atoms with Crippen molar-refractivity contribution in [1.29, 1.82) is 0 Å². The normalized spacial score (nSPS) is 20.5. The van der Waals surface area contributed by atoms with E-state index in [-0.39, 0.29) is 16.3 Å². The van der Waals surface area contributed by atoms with Gasteiger partial charge < -0.3 is 5.11 Å². The molecule has 1 aliphatic rings. The standard InChI is InChI=1S/C16H11BrF3N3O2/c17-12-3-1-2-11(8-12)13-9-15(25,16(18,19)20)23(22-13)14(24)10-4-6-21-7-5-10/h1-8,25H,9H2/t15-/m0/s1. The molecule has 1 aromatic carbocycles. The SMILES string of the molecule is O=C(c1ccncc1)N1N=C(c2cccc(Br)c2)C[C@]1(O)C(F)(F)F. The van der Waals surface area contributed by atoms with Crippen LogP contribution in [0.3, 0.4) is 0 Å². The maximum absolute atomic E-state index is 13.5. The highest BCUT2D eigenvalue weighted by Gasteiger charge is 2.63. The number of hydrogen-bond acceptors (Lipinski definition) is 4. The third kappa shape index (κ3) is 3.16. The lowest BCUT2D eigenvalue weighted by Gasteiger charge is -2.32. The Morgan fingerprint density at radius 2 is 1.92 bits per heavy atom. The molecular formula is C16H11BrF3N3O2. The Kier molecular flexibility index (Phi) is 4.38. The van der Waals surface area contributed by atoms with Gasteiger partial charge in [-0.05, 0) is 29.8 Å². The van der Waals surface area contributed by atoms with E-state index in [0.717, 1.165) is 0 Å². The van der Waals surface area contributed by atoms with Gasteiger partial charge in [0.05, 0.1) is 12.1 Å². The highest BCUT2D eigenvalue weighted by molar-refractivity contribution is 9.10. The Morgan fingerprint density at radius 3 is 2.52 bits per heavy atom. The Morgan fingerprint density at radius 1 is 1.24 bits per heavy atom. The van der Waals surface area contributed by atoms with Crippen molar-refractivity contribution in [2.24, 2.45) is 5.10 Å². The second-order valence-corrected chi connectivity index (χ2v) is 6.32. The molecule has 2 aromatic rings. The largest absolute Gasteiger partial charge is 0.438 e. The average Bonchev–Trinajstić information content (AvgIpc) is 2.94. The Bertz CT molecular complexity index is 842. The number of halogens is 4. The molecule has 1 aliphatic heterocycles. The number of aromatic nitrogens is 1. The fourth-order valence-electron chi connectivity index (χ4n) is 2.43. The lowest BCUT2D eigenvalue weighted by molar-refractivity contribution is -0.297. The van der Waals surface area contributed by atoms with Gasteiger partial charge in [-0.2, -0.15) is 23.3 Å². The zero-order valence-electron chi connectivity index (χ0n) is 12.5. The molecule has 25 heavy (non-hydrogen) atoms. The Labute approximate surface area is 148 Å². The van der Waals surface area contributed by atoms with Gasteiger partial charge in [-0.1, -0.05) is 28.1 Å². The zero-order chi connectivity index (χ0) is 18.2. The quantitative estimate of drug-likeness (QED) is 0.820. The highest BCUT2D eigenvalue weighted by Crippen LogP contribution is 2.42. The third-order valence-corrected chi connectivity index (χ3v) is 4.21. The minimum Gasteiger partial charge on any atom is -0.362 e. The minimum atomic E-state index is -5.08. The Balaban J connectivity index is 2.06. The van der Waals surface area contributed by atoms with Crippen molar-refractivity contribution in [3.05, 3.63) is 64.4 Å². The first-order chi connectivity index (χ1) is 11.7. The van der Waals surface area contributed by atoms with Crippen LogP contribution in [0.4, 0.5) is 13.2 Å². The zero-order valence-corrected chi connectivity index (χ0v) is 14.1. The van der Waals surface area contributed by atoms with Gasteiger partial charge in [0.15, 0.2) is 0 Å². The van der Waals surface area contributed by atoms with E-state index >= 15 is 0 Å². The fraction of sp³-hybridized carbons (Fsp3) is 0.188. The van der Waals surface area contributed by atoms with Crippen molar-refractivity contribution in [1.82, 2.24) is 9.99 Å². The summed E-state index contributed by atoms with van der Waals surface area (Å²) in [5.41, 5.74) is -3.13. The van der Waals surface area contributed by atoms with Crippen LogP contribution in [0, 0.1) is 0 Å². The predicted octanol–water partition coefficient (Wildman–Crippen LogP) is 3.35. The van der Waals surface area contributed by atoms with E-state index in [1.165, 1.54) is 24.5 Å². The average molecular weight is 414 g/mol.